The summed E-state index contributed by atoms with van der Waals surface area (Å²) in [5.41, 5.74) is 2.47. The Hall–Kier alpha value is -3.04. The maximum Gasteiger partial charge on any atom is 0.253 e. The molecular formula is C26H28F2N4O3. The molecule has 0 radical (unpaired) electrons. The predicted molar refractivity (Wildman–Crippen MR) is 126 cm³/mol. The number of nitrogens with one attached hydrogen (secondary N) is 2. The Balaban J connectivity index is 1.17. The molecule has 7 nitrogen and oxygen atoms in total. The van der Waals surface area contributed by atoms with E-state index in [9.17, 15) is 13.6 Å². The van der Waals surface area contributed by atoms with Crippen molar-refractivity contribution in [1.29, 1.82) is 0 Å². The van der Waals surface area contributed by atoms with E-state index in [4.69, 9.17) is 9.47 Å². The molecule has 0 bridgehead atoms. The number of likely N-dealkylation sites (tertiary alicyclic amines) is 1. The lowest BCUT2D eigenvalue weighted by Crippen LogP contribution is -2.38. The Morgan fingerprint density at radius 1 is 1.11 bits per heavy atom. The lowest BCUT2D eigenvalue weighted by Gasteiger charge is -2.32. The summed E-state index contributed by atoms with van der Waals surface area (Å²) in [5, 5.41) is 4.08. The van der Waals surface area contributed by atoms with Gasteiger partial charge in [-0.25, -0.2) is 13.8 Å². The van der Waals surface area contributed by atoms with Crippen LogP contribution in [0.1, 0.15) is 59.3 Å². The number of aromatic amines is 1. The molecule has 2 aromatic heterocycles. The molecule has 4 heterocycles. The molecule has 35 heavy (non-hydrogen) atoms. The minimum Gasteiger partial charge on any atom is -0.487 e. The summed E-state index contributed by atoms with van der Waals surface area (Å²) >= 11 is 0. The SMILES string of the molecule is O=C(c1ccc(OC2CC2)c(F)c1)N1CCC(c2c(F)cnc3[nH]c(C4CNCCO4)cc23)CC1. The third-order valence-corrected chi connectivity index (χ3v) is 7.13. The zero-order valence-corrected chi connectivity index (χ0v) is 19.4. The van der Waals surface area contributed by atoms with E-state index < -0.39 is 5.82 Å². The second-order valence-electron chi connectivity index (χ2n) is 9.60. The molecular weight excluding hydrogens is 454 g/mol. The fraction of sp³-hybridized carbons (Fsp3) is 0.462. The van der Waals surface area contributed by atoms with E-state index in [1.54, 1.807) is 11.0 Å². The first-order valence-electron chi connectivity index (χ1n) is 12.3. The van der Waals surface area contributed by atoms with E-state index >= 15 is 0 Å². The van der Waals surface area contributed by atoms with Crippen LogP contribution < -0.4 is 10.1 Å². The summed E-state index contributed by atoms with van der Waals surface area (Å²) in [6, 6.07) is 6.35. The van der Waals surface area contributed by atoms with Crippen molar-refractivity contribution in [1.82, 2.24) is 20.2 Å². The summed E-state index contributed by atoms with van der Waals surface area (Å²) in [5.74, 6) is -0.903. The lowest BCUT2D eigenvalue weighted by molar-refractivity contribution is 0.0254. The largest absolute Gasteiger partial charge is 0.487 e. The van der Waals surface area contributed by atoms with E-state index in [2.05, 4.69) is 15.3 Å². The molecule has 1 saturated carbocycles. The van der Waals surface area contributed by atoms with Gasteiger partial charge in [0.05, 0.1) is 18.9 Å². The van der Waals surface area contributed by atoms with Gasteiger partial charge in [-0.05, 0) is 55.9 Å². The van der Waals surface area contributed by atoms with Gasteiger partial charge >= 0.3 is 0 Å². The summed E-state index contributed by atoms with van der Waals surface area (Å²) in [4.78, 5) is 22.3. The summed E-state index contributed by atoms with van der Waals surface area (Å²) in [6.07, 6.45) is 4.36. The van der Waals surface area contributed by atoms with Crippen molar-refractivity contribution in [2.75, 3.05) is 32.8 Å². The molecule has 3 aliphatic rings. The minimum absolute atomic E-state index is 0.0374. The van der Waals surface area contributed by atoms with E-state index in [1.807, 2.05) is 6.07 Å². The maximum atomic E-state index is 15.0. The second kappa shape index (κ2) is 9.20. The van der Waals surface area contributed by atoms with Crippen LogP contribution in [0, 0.1) is 11.6 Å². The third kappa shape index (κ3) is 4.50. The molecule has 184 valence electrons. The molecule has 3 fully saturated rings. The van der Waals surface area contributed by atoms with Crippen molar-refractivity contribution in [2.24, 2.45) is 0 Å². The highest BCUT2D eigenvalue weighted by atomic mass is 19.1. The van der Waals surface area contributed by atoms with Crippen LogP contribution in [0.3, 0.4) is 0 Å². The van der Waals surface area contributed by atoms with E-state index in [0.717, 1.165) is 30.5 Å². The third-order valence-electron chi connectivity index (χ3n) is 7.13. The van der Waals surface area contributed by atoms with Gasteiger partial charge in [0.25, 0.3) is 5.91 Å². The van der Waals surface area contributed by atoms with Gasteiger partial charge < -0.3 is 24.7 Å². The summed E-state index contributed by atoms with van der Waals surface area (Å²) in [7, 11) is 0. The number of morpholine rings is 1. The van der Waals surface area contributed by atoms with Crippen molar-refractivity contribution >= 4 is 16.9 Å². The van der Waals surface area contributed by atoms with Crippen molar-refractivity contribution in [3.05, 3.63) is 58.9 Å². The van der Waals surface area contributed by atoms with Gasteiger partial charge in [-0.3, -0.25) is 4.79 Å². The predicted octanol–water partition coefficient (Wildman–Crippen LogP) is 4.06. The Morgan fingerprint density at radius 2 is 1.94 bits per heavy atom. The van der Waals surface area contributed by atoms with Gasteiger partial charge in [0.15, 0.2) is 11.6 Å². The number of hydrogen-bond acceptors (Lipinski definition) is 5. The average Bonchev–Trinajstić information content (AvgIpc) is 3.60. The molecule has 1 amide bonds. The Bertz CT molecular complexity index is 1240. The number of piperidine rings is 1. The number of benzene rings is 1. The number of carbonyl (C=O) groups excluding carboxylic acids is 1. The number of amides is 1. The highest BCUT2D eigenvalue weighted by Gasteiger charge is 2.30. The monoisotopic (exact) mass is 482 g/mol. The van der Waals surface area contributed by atoms with Crippen LogP contribution in [0.15, 0.2) is 30.5 Å². The zero-order chi connectivity index (χ0) is 23.9. The molecule has 6 rings (SSSR count). The number of H-pyrrole nitrogens is 1. The normalized spacial score (nSPS) is 21.4. The van der Waals surface area contributed by atoms with Crippen LogP contribution in [-0.4, -0.2) is 59.7 Å². The molecule has 2 N–H and O–H groups in total. The number of rotatable bonds is 5. The number of carbonyl (C=O) groups is 1. The zero-order valence-electron chi connectivity index (χ0n) is 19.4. The number of ether oxygens (including phenoxy) is 2. The van der Waals surface area contributed by atoms with Crippen molar-refractivity contribution in [3.8, 4) is 5.75 Å². The van der Waals surface area contributed by atoms with Crippen LogP contribution in [0.25, 0.3) is 11.0 Å². The number of aromatic nitrogens is 2. The highest BCUT2D eigenvalue weighted by molar-refractivity contribution is 5.94. The number of pyridine rings is 1. The molecule has 1 atom stereocenters. The van der Waals surface area contributed by atoms with Gasteiger partial charge in [-0.15, -0.1) is 0 Å². The van der Waals surface area contributed by atoms with E-state index in [-0.39, 0.29) is 35.6 Å². The molecule has 1 unspecified atom stereocenters. The molecule has 2 aliphatic heterocycles. The van der Waals surface area contributed by atoms with Gasteiger partial charge in [0, 0.05) is 48.4 Å². The summed E-state index contributed by atoms with van der Waals surface area (Å²) < 4.78 is 40.8. The molecule has 1 aromatic carbocycles. The van der Waals surface area contributed by atoms with Crippen molar-refractivity contribution < 1.29 is 23.0 Å². The molecule has 3 aromatic rings. The first-order valence-corrected chi connectivity index (χ1v) is 12.3. The van der Waals surface area contributed by atoms with Crippen molar-refractivity contribution in [3.63, 3.8) is 0 Å². The molecule has 9 heteroatoms. The van der Waals surface area contributed by atoms with Crippen LogP contribution >= 0.6 is 0 Å². The number of halogens is 2. The first kappa shape index (κ1) is 22.4. The number of fused-ring (bicyclic) bond motifs is 1. The fourth-order valence-corrected chi connectivity index (χ4v) is 5.09. The summed E-state index contributed by atoms with van der Waals surface area (Å²) in [6.45, 7) is 3.08. The van der Waals surface area contributed by atoms with E-state index in [1.165, 1.54) is 18.3 Å². The first-order chi connectivity index (χ1) is 17.1. The van der Waals surface area contributed by atoms with E-state index in [0.29, 0.717) is 55.9 Å². The average molecular weight is 483 g/mol. The van der Waals surface area contributed by atoms with Gasteiger partial charge in [0.2, 0.25) is 0 Å². The quantitative estimate of drug-likeness (QED) is 0.573. The molecule has 2 saturated heterocycles. The van der Waals surface area contributed by atoms with Gasteiger partial charge in [-0.2, -0.15) is 0 Å². The van der Waals surface area contributed by atoms with Crippen LogP contribution in [0.5, 0.6) is 5.75 Å². The van der Waals surface area contributed by atoms with Gasteiger partial charge in [-0.1, -0.05) is 0 Å². The number of nitrogens with zero attached hydrogens (tertiary/aromatic N) is 2. The lowest BCUT2D eigenvalue weighted by atomic mass is 9.87. The Labute approximate surface area is 201 Å². The Kier molecular flexibility index (Phi) is 5.89. The standard InChI is InChI=1S/C26H28F2N4O3/c27-19-11-16(1-4-22(19)35-17-2-3-17)26(33)32-8-5-15(6-9-32)24-18-12-21(23-14-29-7-10-34-23)31-25(18)30-13-20(24)28/h1,4,11-13,15,17,23,29H,2-3,5-10,14H2,(H,30,31). The van der Waals surface area contributed by atoms with Crippen molar-refractivity contribution in [2.45, 2.75) is 43.8 Å². The topological polar surface area (TPSA) is 79.5 Å². The second-order valence-corrected chi connectivity index (χ2v) is 9.60. The molecule has 1 aliphatic carbocycles. The Morgan fingerprint density at radius 3 is 2.66 bits per heavy atom. The van der Waals surface area contributed by atoms with Crippen LogP contribution in [0.2, 0.25) is 0 Å². The minimum atomic E-state index is -0.515. The smallest absolute Gasteiger partial charge is 0.253 e. The van der Waals surface area contributed by atoms with Crippen LogP contribution in [-0.2, 0) is 4.74 Å². The molecule has 0 spiro atoms. The number of hydrogen-bond donors (Lipinski definition) is 2. The highest BCUT2D eigenvalue weighted by Crippen LogP contribution is 2.36. The maximum absolute atomic E-state index is 15.0. The fourth-order valence-electron chi connectivity index (χ4n) is 5.09. The van der Waals surface area contributed by atoms with Crippen LogP contribution in [0.4, 0.5) is 8.78 Å². The van der Waals surface area contributed by atoms with Gasteiger partial charge in [0.1, 0.15) is 17.6 Å².